The van der Waals surface area contributed by atoms with Crippen molar-refractivity contribution in [3.8, 4) is 0 Å². The Morgan fingerprint density at radius 2 is 2.26 bits per heavy atom. The first-order valence-corrected chi connectivity index (χ1v) is 8.56. The summed E-state index contributed by atoms with van der Waals surface area (Å²) >= 11 is 0. The smallest absolute Gasteiger partial charge is 0.326 e. The van der Waals surface area contributed by atoms with Gasteiger partial charge in [-0.15, -0.1) is 0 Å². The number of likely N-dealkylation sites (tertiary alicyclic amines) is 1. The summed E-state index contributed by atoms with van der Waals surface area (Å²) < 4.78 is 31.2. The van der Waals surface area contributed by atoms with E-state index in [0.717, 1.165) is 0 Å². The summed E-state index contributed by atoms with van der Waals surface area (Å²) in [6, 6.07) is 0.333. The van der Waals surface area contributed by atoms with Crippen LogP contribution < -0.4 is 4.72 Å². The molecule has 1 saturated heterocycles. The van der Waals surface area contributed by atoms with Crippen LogP contribution in [0.4, 0.5) is 0 Å². The molecule has 2 rings (SSSR count). The number of hydrogen-bond donors (Lipinski definition) is 3. The lowest BCUT2D eigenvalue weighted by molar-refractivity contribution is -0.141. The molecule has 1 amide bonds. The summed E-state index contributed by atoms with van der Waals surface area (Å²) in [7, 11) is -2.29. The molecule has 9 nitrogen and oxygen atoms in total. The minimum atomic E-state index is -3.75. The van der Waals surface area contributed by atoms with Crippen LogP contribution in [0.5, 0.6) is 0 Å². The van der Waals surface area contributed by atoms with Crippen molar-refractivity contribution in [2.45, 2.75) is 23.8 Å². The summed E-state index contributed by atoms with van der Waals surface area (Å²) in [6.45, 7) is 0.674. The Balaban J connectivity index is 2.12. The predicted molar refractivity (Wildman–Crippen MR) is 79.6 cm³/mol. The van der Waals surface area contributed by atoms with Crippen LogP contribution in [0, 0.1) is 0 Å². The number of rotatable bonds is 7. The number of aromatic amines is 1. The van der Waals surface area contributed by atoms with Gasteiger partial charge in [0, 0.05) is 26.4 Å². The molecule has 0 bridgehead atoms. The fraction of sp³-hybridized carbons (Fsp3) is 0.538. The van der Waals surface area contributed by atoms with Crippen LogP contribution in [0.25, 0.3) is 0 Å². The van der Waals surface area contributed by atoms with E-state index in [1.807, 2.05) is 0 Å². The summed E-state index contributed by atoms with van der Waals surface area (Å²) in [5.41, 5.74) is 0.0465. The first-order valence-electron chi connectivity index (χ1n) is 7.07. The van der Waals surface area contributed by atoms with Crippen molar-refractivity contribution in [1.82, 2.24) is 14.6 Å². The fourth-order valence-electron chi connectivity index (χ4n) is 2.44. The van der Waals surface area contributed by atoms with Gasteiger partial charge in [0.05, 0.1) is 6.61 Å². The number of amides is 1. The summed E-state index contributed by atoms with van der Waals surface area (Å²) in [4.78, 5) is 27.3. The summed E-state index contributed by atoms with van der Waals surface area (Å²) in [6.07, 6.45) is 2.20. The largest absolute Gasteiger partial charge is 0.480 e. The summed E-state index contributed by atoms with van der Waals surface area (Å²) in [5.74, 6) is -1.58. The number of carbonyl (C=O) groups is 2. The van der Waals surface area contributed by atoms with E-state index in [4.69, 9.17) is 9.84 Å². The molecule has 0 unspecified atom stereocenters. The minimum Gasteiger partial charge on any atom is -0.480 e. The van der Waals surface area contributed by atoms with Gasteiger partial charge in [-0.05, 0) is 18.9 Å². The molecule has 1 aliphatic rings. The van der Waals surface area contributed by atoms with Crippen molar-refractivity contribution in [2.24, 2.45) is 0 Å². The normalized spacial score (nSPS) is 18.3. The first-order chi connectivity index (χ1) is 10.9. The van der Waals surface area contributed by atoms with E-state index in [9.17, 15) is 18.0 Å². The molecule has 128 valence electrons. The van der Waals surface area contributed by atoms with E-state index < -0.39 is 27.9 Å². The van der Waals surface area contributed by atoms with Gasteiger partial charge in [-0.3, -0.25) is 4.79 Å². The average Bonchev–Trinajstić information content (AvgIpc) is 3.16. The number of hydrogen-bond acceptors (Lipinski definition) is 5. The molecule has 1 aliphatic heterocycles. The molecule has 1 aromatic rings. The van der Waals surface area contributed by atoms with Gasteiger partial charge in [0.1, 0.15) is 16.6 Å². The van der Waals surface area contributed by atoms with Crippen molar-refractivity contribution in [2.75, 3.05) is 26.8 Å². The third-order valence-electron chi connectivity index (χ3n) is 3.59. The Morgan fingerprint density at radius 3 is 2.91 bits per heavy atom. The molecule has 1 fully saturated rings. The van der Waals surface area contributed by atoms with Gasteiger partial charge < -0.3 is 19.7 Å². The number of nitrogens with zero attached hydrogens (tertiary/aromatic N) is 1. The Hall–Kier alpha value is -1.91. The van der Waals surface area contributed by atoms with Crippen LogP contribution in [-0.2, 0) is 19.6 Å². The second-order valence-electron chi connectivity index (χ2n) is 5.13. The maximum atomic E-state index is 12.4. The van der Waals surface area contributed by atoms with Gasteiger partial charge in [-0.2, -0.15) is 0 Å². The average molecular weight is 345 g/mol. The van der Waals surface area contributed by atoms with Crippen LogP contribution in [0.3, 0.4) is 0 Å². The number of aliphatic carboxylic acids is 1. The number of carboxylic acid groups (broad SMARTS) is 1. The standard InChI is InChI=1S/C13H19N3O6S/c1-22-6-4-15-23(20,21)9-7-10(14-8-9)12(17)16-5-2-3-11(16)13(18)19/h7-8,11,14-15H,2-6H2,1H3,(H,18,19)/t11-/m0/s1. The van der Waals surface area contributed by atoms with Gasteiger partial charge in [0.15, 0.2) is 0 Å². The lowest BCUT2D eigenvalue weighted by Crippen LogP contribution is -2.40. The van der Waals surface area contributed by atoms with Crippen molar-refractivity contribution >= 4 is 21.9 Å². The Bertz CT molecular complexity index is 684. The van der Waals surface area contributed by atoms with Gasteiger partial charge in [-0.25, -0.2) is 17.9 Å². The number of methoxy groups -OCH3 is 1. The van der Waals surface area contributed by atoms with Crippen molar-refractivity contribution in [3.63, 3.8) is 0 Å². The zero-order valence-electron chi connectivity index (χ0n) is 12.6. The SMILES string of the molecule is COCCNS(=O)(=O)c1c[nH]c(C(=O)N2CCC[C@H]2C(=O)O)c1. The minimum absolute atomic E-state index is 0.0465. The molecule has 2 heterocycles. The highest BCUT2D eigenvalue weighted by atomic mass is 32.2. The second kappa shape index (κ2) is 7.11. The molecule has 3 N–H and O–H groups in total. The number of nitrogens with one attached hydrogen (secondary N) is 2. The fourth-order valence-corrected chi connectivity index (χ4v) is 3.44. The molecule has 0 aromatic carbocycles. The monoisotopic (exact) mass is 345 g/mol. The third-order valence-corrected chi connectivity index (χ3v) is 5.03. The quantitative estimate of drug-likeness (QED) is 0.578. The van der Waals surface area contributed by atoms with Crippen LogP contribution in [0.2, 0.25) is 0 Å². The molecule has 10 heteroatoms. The molecule has 0 saturated carbocycles. The Morgan fingerprint density at radius 1 is 1.52 bits per heavy atom. The molecule has 0 spiro atoms. The van der Waals surface area contributed by atoms with E-state index in [0.29, 0.717) is 19.4 Å². The summed E-state index contributed by atoms with van der Waals surface area (Å²) in [5, 5.41) is 9.11. The second-order valence-corrected chi connectivity index (χ2v) is 6.90. The lowest BCUT2D eigenvalue weighted by atomic mass is 10.2. The highest BCUT2D eigenvalue weighted by Gasteiger charge is 2.35. The van der Waals surface area contributed by atoms with Crippen molar-refractivity contribution < 1.29 is 27.9 Å². The molecule has 1 aromatic heterocycles. The molecular formula is C13H19N3O6S. The molecule has 1 atom stereocenters. The van der Waals surface area contributed by atoms with Crippen LogP contribution in [0.1, 0.15) is 23.3 Å². The highest BCUT2D eigenvalue weighted by molar-refractivity contribution is 7.89. The van der Waals surface area contributed by atoms with Gasteiger partial charge >= 0.3 is 5.97 Å². The van der Waals surface area contributed by atoms with E-state index in [1.54, 1.807) is 0 Å². The van der Waals surface area contributed by atoms with Crippen LogP contribution in [-0.4, -0.2) is 68.1 Å². The third kappa shape index (κ3) is 3.89. The number of aromatic nitrogens is 1. The van der Waals surface area contributed by atoms with Crippen molar-refractivity contribution in [3.05, 3.63) is 18.0 Å². The Kier molecular flexibility index (Phi) is 5.39. The molecular weight excluding hydrogens is 326 g/mol. The van der Waals surface area contributed by atoms with E-state index >= 15 is 0 Å². The maximum absolute atomic E-state index is 12.4. The zero-order valence-corrected chi connectivity index (χ0v) is 13.4. The number of carbonyl (C=O) groups excluding carboxylic acids is 1. The van der Waals surface area contributed by atoms with E-state index in [2.05, 4.69) is 9.71 Å². The maximum Gasteiger partial charge on any atom is 0.326 e. The van der Waals surface area contributed by atoms with Gasteiger partial charge in [-0.1, -0.05) is 0 Å². The topological polar surface area (TPSA) is 129 Å². The van der Waals surface area contributed by atoms with Crippen molar-refractivity contribution in [1.29, 1.82) is 0 Å². The predicted octanol–water partition coefficient (Wildman–Crippen LogP) is -0.371. The van der Waals surface area contributed by atoms with Gasteiger partial charge in [0.2, 0.25) is 10.0 Å². The number of sulfonamides is 1. The lowest BCUT2D eigenvalue weighted by Gasteiger charge is -2.20. The Labute approximate surface area is 133 Å². The molecule has 0 radical (unpaired) electrons. The van der Waals surface area contributed by atoms with Gasteiger partial charge in [0.25, 0.3) is 5.91 Å². The molecule has 0 aliphatic carbocycles. The number of H-pyrrole nitrogens is 1. The number of ether oxygens (including phenoxy) is 1. The molecule has 23 heavy (non-hydrogen) atoms. The van der Waals surface area contributed by atoms with E-state index in [1.165, 1.54) is 24.3 Å². The highest BCUT2D eigenvalue weighted by Crippen LogP contribution is 2.21. The zero-order chi connectivity index (χ0) is 17.0. The van der Waals surface area contributed by atoms with E-state index in [-0.39, 0.29) is 23.7 Å². The van der Waals surface area contributed by atoms with Crippen LogP contribution >= 0.6 is 0 Å². The first kappa shape index (κ1) is 17.4. The number of carboxylic acids is 1. The van der Waals surface area contributed by atoms with Crippen LogP contribution in [0.15, 0.2) is 17.2 Å².